The standard InChI is InChI=1S/C25H19ClN2O5/c1-14-7-10-17(13-21(14)26)27-22(29)15(2)33-25(32)16-8-11-18(12-9-16)28-23(30)19-5-3-4-6-20(19)24(28)31/h3-13,15H,1-2H3,(H,27,29). The van der Waals surface area contributed by atoms with Gasteiger partial charge in [-0.25, -0.2) is 9.69 Å². The maximum atomic E-state index is 12.6. The number of halogens is 1. The molecule has 1 unspecified atom stereocenters. The third-order valence-electron chi connectivity index (χ3n) is 5.25. The van der Waals surface area contributed by atoms with Crippen LogP contribution in [-0.2, 0) is 9.53 Å². The number of carbonyl (C=O) groups is 4. The summed E-state index contributed by atoms with van der Waals surface area (Å²) in [4.78, 5) is 51.1. The highest BCUT2D eigenvalue weighted by Crippen LogP contribution is 2.28. The number of nitrogens with one attached hydrogen (secondary N) is 1. The Hall–Kier alpha value is -3.97. The summed E-state index contributed by atoms with van der Waals surface area (Å²) >= 11 is 6.06. The van der Waals surface area contributed by atoms with Gasteiger partial charge in [-0.2, -0.15) is 0 Å². The highest BCUT2D eigenvalue weighted by atomic mass is 35.5. The monoisotopic (exact) mass is 462 g/mol. The number of rotatable bonds is 5. The molecule has 0 saturated carbocycles. The van der Waals surface area contributed by atoms with Gasteiger partial charge in [-0.3, -0.25) is 14.4 Å². The van der Waals surface area contributed by atoms with Crippen LogP contribution in [0.3, 0.4) is 0 Å². The lowest BCUT2D eigenvalue weighted by Crippen LogP contribution is -2.30. The van der Waals surface area contributed by atoms with E-state index in [2.05, 4.69) is 5.32 Å². The van der Waals surface area contributed by atoms with Gasteiger partial charge >= 0.3 is 5.97 Å². The Morgan fingerprint density at radius 2 is 1.55 bits per heavy atom. The van der Waals surface area contributed by atoms with E-state index in [1.165, 1.54) is 31.2 Å². The Morgan fingerprint density at radius 3 is 2.12 bits per heavy atom. The molecule has 0 spiro atoms. The summed E-state index contributed by atoms with van der Waals surface area (Å²) in [7, 11) is 0. The third kappa shape index (κ3) is 4.36. The van der Waals surface area contributed by atoms with E-state index in [0.29, 0.717) is 27.5 Å². The average Bonchev–Trinajstić information content (AvgIpc) is 3.06. The van der Waals surface area contributed by atoms with Crippen LogP contribution >= 0.6 is 11.6 Å². The summed E-state index contributed by atoms with van der Waals surface area (Å²) in [6.45, 7) is 3.30. The molecular weight excluding hydrogens is 444 g/mol. The lowest BCUT2D eigenvalue weighted by molar-refractivity contribution is -0.123. The molecular formula is C25H19ClN2O5. The first-order valence-corrected chi connectivity index (χ1v) is 10.5. The fourth-order valence-electron chi connectivity index (χ4n) is 3.37. The predicted molar refractivity (Wildman–Crippen MR) is 124 cm³/mol. The van der Waals surface area contributed by atoms with Crippen LogP contribution in [0.2, 0.25) is 5.02 Å². The van der Waals surface area contributed by atoms with Gasteiger partial charge in [0.1, 0.15) is 0 Å². The summed E-state index contributed by atoms with van der Waals surface area (Å²) in [6, 6.07) is 17.5. The van der Waals surface area contributed by atoms with Gasteiger partial charge in [0.2, 0.25) is 0 Å². The fourth-order valence-corrected chi connectivity index (χ4v) is 3.55. The third-order valence-corrected chi connectivity index (χ3v) is 5.65. The summed E-state index contributed by atoms with van der Waals surface area (Å²) in [5.74, 6) is -2.07. The maximum Gasteiger partial charge on any atom is 0.338 e. The smallest absolute Gasteiger partial charge is 0.338 e. The lowest BCUT2D eigenvalue weighted by atomic mass is 10.1. The molecule has 0 bridgehead atoms. The molecule has 1 aliphatic heterocycles. The van der Waals surface area contributed by atoms with Crippen molar-refractivity contribution in [3.05, 3.63) is 94.0 Å². The molecule has 3 aromatic rings. The minimum atomic E-state index is -1.06. The first-order valence-electron chi connectivity index (χ1n) is 10.1. The van der Waals surface area contributed by atoms with Crippen molar-refractivity contribution in [1.82, 2.24) is 0 Å². The minimum Gasteiger partial charge on any atom is -0.449 e. The van der Waals surface area contributed by atoms with Gasteiger partial charge in [0, 0.05) is 10.7 Å². The molecule has 8 heteroatoms. The van der Waals surface area contributed by atoms with E-state index >= 15 is 0 Å². The predicted octanol–water partition coefficient (Wildman–Crippen LogP) is 4.63. The number of imide groups is 1. The highest BCUT2D eigenvalue weighted by molar-refractivity contribution is 6.34. The topological polar surface area (TPSA) is 92.8 Å². The molecule has 7 nitrogen and oxygen atoms in total. The SMILES string of the molecule is Cc1ccc(NC(=O)C(C)OC(=O)c2ccc(N3C(=O)c4ccccc4C3=O)cc2)cc1Cl. The molecule has 0 saturated heterocycles. The molecule has 3 amide bonds. The number of hydrogen-bond donors (Lipinski definition) is 1. The molecule has 0 aliphatic carbocycles. The molecule has 4 rings (SSSR count). The van der Waals surface area contributed by atoms with Gasteiger partial charge in [0.15, 0.2) is 6.10 Å². The molecule has 1 atom stereocenters. The van der Waals surface area contributed by atoms with Gasteiger partial charge in [0.25, 0.3) is 17.7 Å². The van der Waals surface area contributed by atoms with E-state index in [0.717, 1.165) is 10.5 Å². The Balaban J connectivity index is 1.41. The molecule has 1 heterocycles. The zero-order valence-corrected chi connectivity index (χ0v) is 18.6. The Kier molecular flexibility index (Phi) is 5.98. The van der Waals surface area contributed by atoms with E-state index in [-0.39, 0.29) is 5.56 Å². The first-order chi connectivity index (χ1) is 15.8. The van der Waals surface area contributed by atoms with Gasteiger partial charge in [-0.15, -0.1) is 0 Å². The zero-order chi connectivity index (χ0) is 23.7. The van der Waals surface area contributed by atoms with E-state index in [4.69, 9.17) is 16.3 Å². The van der Waals surface area contributed by atoms with Crippen LogP contribution in [0.1, 0.15) is 43.6 Å². The second-order valence-corrected chi connectivity index (χ2v) is 7.95. The number of ether oxygens (including phenoxy) is 1. The van der Waals surface area contributed by atoms with Crippen LogP contribution in [0.15, 0.2) is 66.7 Å². The van der Waals surface area contributed by atoms with Gasteiger partial charge in [-0.1, -0.05) is 29.8 Å². The van der Waals surface area contributed by atoms with Crippen molar-refractivity contribution >= 4 is 46.7 Å². The number of benzene rings is 3. The molecule has 0 fully saturated rings. The number of nitrogens with zero attached hydrogens (tertiary/aromatic N) is 1. The maximum absolute atomic E-state index is 12.6. The summed E-state index contributed by atoms with van der Waals surface area (Å²) in [6.07, 6.45) is -1.06. The van der Waals surface area contributed by atoms with Crippen molar-refractivity contribution < 1.29 is 23.9 Å². The largest absolute Gasteiger partial charge is 0.449 e. The van der Waals surface area contributed by atoms with Gasteiger partial charge in [0.05, 0.1) is 22.4 Å². The molecule has 1 N–H and O–H groups in total. The van der Waals surface area contributed by atoms with Gasteiger partial charge in [-0.05, 0) is 67.9 Å². The highest BCUT2D eigenvalue weighted by Gasteiger charge is 2.36. The second kappa shape index (κ2) is 8.88. The molecule has 1 aliphatic rings. The van der Waals surface area contributed by atoms with E-state index in [9.17, 15) is 19.2 Å². The van der Waals surface area contributed by atoms with Crippen molar-refractivity contribution in [3.63, 3.8) is 0 Å². The number of aryl methyl sites for hydroxylation is 1. The normalized spacial score (nSPS) is 13.5. The zero-order valence-electron chi connectivity index (χ0n) is 17.8. The second-order valence-electron chi connectivity index (χ2n) is 7.54. The minimum absolute atomic E-state index is 0.174. The molecule has 33 heavy (non-hydrogen) atoms. The Labute approximate surface area is 194 Å². The van der Waals surface area contributed by atoms with Crippen LogP contribution < -0.4 is 10.2 Å². The number of anilines is 2. The van der Waals surface area contributed by atoms with Crippen molar-refractivity contribution in [2.45, 2.75) is 20.0 Å². The van der Waals surface area contributed by atoms with E-state index in [1.807, 2.05) is 6.92 Å². The first kappa shape index (κ1) is 22.2. The number of amides is 3. The van der Waals surface area contributed by atoms with Crippen molar-refractivity contribution in [1.29, 1.82) is 0 Å². The summed E-state index contributed by atoms with van der Waals surface area (Å²) < 4.78 is 5.25. The Morgan fingerprint density at radius 1 is 0.939 bits per heavy atom. The quantitative estimate of drug-likeness (QED) is 0.440. The lowest BCUT2D eigenvalue weighted by Gasteiger charge is -2.16. The van der Waals surface area contributed by atoms with Crippen LogP contribution in [0.5, 0.6) is 0 Å². The van der Waals surface area contributed by atoms with Crippen LogP contribution in [-0.4, -0.2) is 29.8 Å². The van der Waals surface area contributed by atoms with Crippen LogP contribution in [0, 0.1) is 6.92 Å². The van der Waals surface area contributed by atoms with Crippen molar-refractivity contribution in [3.8, 4) is 0 Å². The van der Waals surface area contributed by atoms with Crippen molar-refractivity contribution in [2.24, 2.45) is 0 Å². The summed E-state index contributed by atoms with van der Waals surface area (Å²) in [5, 5.41) is 3.16. The number of esters is 1. The fraction of sp³-hybridized carbons (Fsp3) is 0.120. The summed E-state index contributed by atoms with van der Waals surface area (Å²) in [5.41, 5.74) is 2.54. The number of carbonyl (C=O) groups excluding carboxylic acids is 4. The van der Waals surface area contributed by atoms with Crippen LogP contribution in [0.25, 0.3) is 0 Å². The Bertz CT molecular complexity index is 1250. The van der Waals surface area contributed by atoms with Crippen LogP contribution in [0.4, 0.5) is 11.4 Å². The number of hydrogen-bond acceptors (Lipinski definition) is 5. The molecule has 166 valence electrons. The van der Waals surface area contributed by atoms with Gasteiger partial charge < -0.3 is 10.1 Å². The molecule has 0 radical (unpaired) electrons. The van der Waals surface area contributed by atoms with E-state index in [1.54, 1.807) is 42.5 Å². The number of fused-ring (bicyclic) bond motifs is 1. The average molecular weight is 463 g/mol. The molecule has 3 aromatic carbocycles. The van der Waals surface area contributed by atoms with E-state index < -0.39 is 29.8 Å². The molecule has 0 aromatic heterocycles. The van der Waals surface area contributed by atoms with Crippen molar-refractivity contribution in [2.75, 3.05) is 10.2 Å².